The van der Waals surface area contributed by atoms with Crippen LogP contribution in [0.4, 0.5) is 0 Å². The predicted octanol–water partition coefficient (Wildman–Crippen LogP) is 0.980. The van der Waals surface area contributed by atoms with Crippen molar-refractivity contribution in [2.45, 2.75) is 20.1 Å². The SMILES string of the molecule is CCO[C@H]1CS(=O)C(COCOC)=C(C)O1. The Labute approximate surface area is 98.2 Å². The zero-order valence-electron chi connectivity index (χ0n) is 9.86. The van der Waals surface area contributed by atoms with E-state index in [2.05, 4.69) is 0 Å². The summed E-state index contributed by atoms with van der Waals surface area (Å²) in [7, 11) is 0.448. The van der Waals surface area contributed by atoms with Crippen molar-refractivity contribution in [3.05, 3.63) is 10.7 Å². The molecular weight excluding hydrogens is 232 g/mol. The maximum atomic E-state index is 11.9. The molecule has 1 unspecified atom stereocenters. The zero-order valence-corrected chi connectivity index (χ0v) is 10.7. The highest BCUT2D eigenvalue weighted by Crippen LogP contribution is 2.21. The van der Waals surface area contributed by atoms with Crippen LogP contribution in [-0.4, -0.2) is 43.4 Å². The van der Waals surface area contributed by atoms with E-state index in [-0.39, 0.29) is 13.4 Å². The minimum Gasteiger partial charge on any atom is -0.468 e. The Kier molecular flexibility index (Phi) is 5.97. The molecule has 1 rings (SSSR count). The van der Waals surface area contributed by atoms with Crippen molar-refractivity contribution >= 4 is 10.8 Å². The van der Waals surface area contributed by atoms with Gasteiger partial charge in [0.15, 0.2) is 0 Å². The number of allylic oxidation sites excluding steroid dienone is 1. The number of hydrogen-bond donors (Lipinski definition) is 0. The Hall–Kier alpha value is -0.430. The van der Waals surface area contributed by atoms with Gasteiger partial charge in [-0.3, -0.25) is 4.21 Å². The summed E-state index contributed by atoms with van der Waals surface area (Å²) in [4.78, 5) is 0.674. The van der Waals surface area contributed by atoms with E-state index in [0.29, 0.717) is 23.0 Å². The van der Waals surface area contributed by atoms with Gasteiger partial charge in [0.1, 0.15) is 12.6 Å². The smallest absolute Gasteiger partial charge is 0.211 e. The van der Waals surface area contributed by atoms with Crippen LogP contribution in [0.1, 0.15) is 13.8 Å². The molecule has 0 aromatic heterocycles. The van der Waals surface area contributed by atoms with Crippen LogP contribution < -0.4 is 0 Å². The molecule has 0 aromatic rings. The van der Waals surface area contributed by atoms with Crippen molar-refractivity contribution in [2.75, 3.05) is 32.9 Å². The van der Waals surface area contributed by atoms with Crippen molar-refractivity contribution in [1.29, 1.82) is 0 Å². The molecule has 1 aliphatic rings. The van der Waals surface area contributed by atoms with Crippen LogP contribution in [0.25, 0.3) is 0 Å². The van der Waals surface area contributed by atoms with Gasteiger partial charge in [0, 0.05) is 13.7 Å². The van der Waals surface area contributed by atoms with E-state index in [4.69, 9.17) is 18.9 Å². The van der Waals surface area contributed by atoms with Crippen molar-refractivity contribution in [3.8, 4) is 0 Å². The number of rotatable bonds is 6. The highest BCUT2D eigenvalue weighted by Gasteiger charge is 2.26. The quantitative estimate of drug-likeness (QED) is 0.519. The fraction of sp³-hybridized carbons (Fsp3) is 0.800. The first kappa shape index (κ1) is 13.6. The van der Waals surface area contributed by atoms with Crippen molar-refractivity contribution in [3.63, 3.8) is 0 Å². The van der Waals surface area contributed by atoms with Gasteiger partial charge in [0.25, 0.3) is 0 Å². The molecule has 0 saturated carbocycles. The lowest BCUT2D eigenvalue weighted by molar-refractivity contribution is -0.0992. The van der Waals surface area contributed by atoms with E-state index in [9.17, 15) is 4.21 Å². The third-order valence-corrected chi connectivity index (χ3v) is 3.58. The Morgan fingerprint density at radius 1 is 1.56 bits per heavy atom. The summed E-state index contributed by atoms with van der Waals surface area (Å²) < 4.78 is 32.5. The van der Waals surface area contributed by atoms with Gasteiger partial charge >= 0.3 is 0 Å². The number of methoxy groups -OCH3 is 1. The van der Waals surface area contributed by atoms with Gasteiger partial charge < -0.3 is 18.9 Å². The Bertz CT molecular complexity index is 276. The molecule has 0 bridgehead atoms. The van der Waals surface area contributed by atoms with Crippen molar-refractivity contribution in [1.82, 2.24) is 0 Å². The van der Waals surface area contributed by atoms with Crippen molar-refractivity contribution in [2.24, 2.45) is 0 Å². The molecule has 0 aromatic carbocycles. The molecule has 1 aliphatic heterocycles. The second-order valence-electron chi connectivity index (χ2n) is 3.25. The van der Waals surface area contributed by atoms with Gasteiger partial charge in [0.05, 0.1) is 28.1 Å². The number of ether oxygens (including phenoxy) is 4. The molecule has 2 atom stereocenters. The highest BCUT2D eigenvalue weighted by atomic mass is 32.2. The molecule has 0 saturated heterocycles. The first-order chi connectivity index (χ1) is 7.69. The van der Waals surface area contributed by atoms with Gasteiger partial charge in [-0.15, -0.1) is 0 Å². The minimum absolute atomic E-state index is 0.183. The molecule has 0 N–H and O–H groups in total. The number of hydrogen-bond acceptors (Lipinski definition) is 5. The van der Waals surface area contributed by atoms with Gasteiger partial charge in [0.2, 0.25) is 6.29 Å². The summed E-state index contributed by atoms with van der Waals surface area (Å²) in [5.41, 5.74) is 0. The summed E-state index contributed by atoms with van der Waals surface area (Å²) in [6.07, 6.45) is -0.406. The fourth-order valence-corrected chi connectivity index (χ4v) is 2.53. The van der Waals surface area contributed by atoms with Crippen LogP contribution in [0.5, 0.6) is 0 Å². The van der Waals surface area contributed by atoms with Crippen LogP contribution in [-0.2, 0) is 29.7 Å². The average Bonchev–Trinajstić information content (AvgIpc) is 2.23. The van der Waals surface area contributed by atoms with Crippen LogP contribution in [0.2, 0.25) is 0 Å². The normalized spacial score (nSPS) is 25.7. The molecule has 16 heavy (non-hydrogen) atoms. The molecular formula is C10H18O5S. The molecule has 0 fully saturated rings. The molecule has 1 heterocycles. The van der Waals surface area contributed by atoms with E-state index in [0.717, 1.165) is 0 Å². The summed E-state index contributed by atoms with van der Waals surface area (Å²) in [6.45, 7) is 4.65. The van der Waals surface area contributed by atoms with E-state index in [1.165, 1.54) is 0 Å². The molecule has 0 radical (unpaired) electrons. The third-order valence-electron chi connectivity index (χ3n) is 2.05. The minimum atomic E-state index is -1.09. The first-order valence-electron chi connectivity index (χ1n) is 5.12. The van der Waals surface area contributed by atoms with Gasteiger partial charge in [-0.1, -0.05) is 0 Å². The lowest BCUT2D eigenvalue weighted by Crippen LogP contribution is -2.30. The Balaban J connectivity index is 2.54. The monoisotopic (exact) mass is 250 g/mol. The molecule has 0 amide bonds. The third kappa shape index (κ3) is 3.86. The summed E-state index contributed by atoms with van der Waals surface area (Å²) in [5.74, 6) is 0.982. The van der Waals surface area contributed by atoms with Gasteiger partial charge in [-0.2, -0.15) is 0 Å². The predicted molar refractivity (Wildman–Crippen MR) is 60.0 cm³/mol. The largest absolute Gasteiger partial charge is 0.468 e. The van der Waals surface area contributed by atoms with Crippen LogP contribution >= 0.6 is 0 Å². The van der Waals surface area contributed by atoms with Gasteiger partial charge in [-0.25, -0.2) is 0 Å². The maximum Gasteiger partial charge on any atom is 0.211 e. The lowest BCUT2D eigenvalue weighted by atomic mass is 10.5. The second kappa shape index (κ2) is 7.01. The average molecular weight is 250 g/mol. The molecule has 94 valence electrons. The summed E-state index contributed by atoms with van der Waals surface area (Å²) in [6, 6.07) is 0. The molecule has 5 nitrogen and oxygen atoms in total. The van der Waals surface area contributed by atoms with Gasteiger partial charge in [-0.05, 0) is 13.8 Å². The van der Waals surface area contributed by atoms with Crippen LogP contribution in [0.3, 0.4) is 0 Å². The topological polar surface area (TPSA) is 54.0 Å². The fourth-order valence-electron chi connectivity index (χ4n) is 1.33. The van der Waals surface area contributed by atoms with E-state index < -0.39 is 17.1 Å². The van der Waals surface area contributed by atoms with E-state index >= 15 is 0 Å². The lowest BCUT2D eigenvalue weighted by Gasteiger charge is -2.25. The zero-order chi connectivity index (χ0) is 12.0. The Morgan fingerprint density at radius 3 is 2.88 bits per heavy atom. The molecule has 0 aliphatic carbocycles. The first-order valence-corrected chi connectivity index (χ1v) is 6.44. The van der Waals surface area contributed by atoms with E-state index in [1.807, 2.05) is 6.92 Å². The molecule has 0 spiro atoms. The second-order valence-corrected chi connectivity index (χ2v) is 4.77. The maximum absolute atomic E-state index is 11.9. The Morgan fingerprint density at radius 2 is 2.31 bits per heavy atom. The molecule has 6 heteroatoms. The van der Waals surface area contributed by atoms with E-state index in [1.54, 1.807) is 14.0 Å². The summed E-state index contributed by atoms with van der Waals surface area (Å²) in [5, 5.41) is 0. The van der Waals surface area contributed by atoms with Crippen LogP contribution in [0, 0.1) is 0 Å². The standard InChI is InChI=1S/C10H18O5S/c1-4-14-10-6-16(11)9(8(2)15-10)5-13-7-12-3/h10H,4-7H2,1-3H3/t10-,16?/m1/s1. The highest BCUT2D eigenvalue weighted by molar-refractivity contribution is 7.89. The van der Waals surface area contributed by atoms with Crippen molar-refractivity contribution < 1.29 is 23.2 Å². The summed E-state index contributed by atoms with van der Waals surface area (Å²) >= 11 is 0. The van der Waals surface area contributed by atoms with Crippen LogP contribution in [0.15, 0.2) is 10.7 Å².